The van der Waals surface area contributed by atoms with Crippen LogP contribution in [0.2, 0.25) is 0 Å². The molecule has 5 N–H and O–H groups in total. The van der Waals surface area contributed by atoms with E-state index in [4.69, 9.17) is 11.5 Å². The lowest BCUT2D eigenvalue weighted by Gasteiger charge is -2.10. The largest absolute Gasteiger partial charge is 0.397 e. The Balaban J connectivity index is 2.21. The number of carbonyl (C=O) groups excluding carboxylic acids is 1. The lowest BCUT2D eigenvalue weighted by Crippen LogP contribution is -2.14. The molecule has 0 unspecified atom stereocenters. The Bertz CT molecular complexity index is 620. The predicted molar refractivity (Wildman–Crippen MR) is 81.0 cm³/mol. The van der Waals surface area contributed by atoms with E-state index in [2.05, 4.69) is 36.3 Å². The van der Waals surface area contributed by atoms with E-state index < -0.39 is 5.91 Å². The van der Waals surface area contributed by atoms with Crippen molar-refractivity contribution in [1.82, 2.24) is 4.98 Å². The van der Waals surface area contributed by atoms with E-state index in [0.29, 0.717) is 11.7 Å². The Morgan fingerprint density at radius 1 is 1.25 bits per heavy atom. The molecule has 1 aromatic carbocycles. The van der Waals surface area contributed by atoms with Crippen LogP contribution in [-0.2, 0) is 0 Å². The molecular weight excluding hydrogens is 252 g/mol. The molecule has 1 aromatic heterocycles. The fourth-order valence-corrected chi connectivity index (χ4v) is 1.85. The minimum absolute atomic E-state index is 0.265. The first-order chi connectivity index (χ1) is 9.47. The number of anilines is 3. The summed E-state index contributed by atoms with van der Waals surface area (Å²) in [6.45, 7) is 4.28. The molecule has 1 heterocycles. The van der Waals surface area contributed by atoms with Gasteiger partial charge < -0.3 is 16.8 Å². The van der Waals surface area contributed by atoms with Gasteiger partial charge >= 0.3 is 0 Å². The van der Waals surface area contributed by atoms with E-state index in [0.717, 1.165) is 5.69 Å². The van der Waals surface area contributed by atoms with Gasteiger partial charge in [-0.3, -0.25) is 4.79 Å². The van der Waals surface area contributed by atoms with Crippen molar-refractivity contribution in [2.75, 3.05) is 11.1 Å². The van der Waals surface area contributed by atoms with Gasteiger partial charge in [0.2, 0.25) is 0 Å². The minimum Gasteiger partial charge on any atom is -0.397 e. The summed E-state index contributed by atoms with van der Waals surface area (Å²) in [5, 5.41) is 3.12. The second-order valence-corrected chi connectivity index (χ2v) is 4.92. The van der Waals surface area contributed by atoms with Gasteiger partial charge in [0.15, 0.2) is 0 Å². The van der Waals surface area contributed by atoms with E-state index in [-0.39, 0.29) is 11.3 Å². The summed E-state index contributed by atoms with van der Waals surface area (Å²) in [6, 6.07) is 9.60. The van der Waals surface area contributed by atoms with Crippen LogP contribution in [0.15, 0.2) is 36.5 Å². The Kier molecular flexibility index (Phi) is 3.89. The van der Waals surface area contributed by atoms with Crippen LogP contribution in [0, 0.1) is 0 Å². The number of carbonyl (C=O) groups is 1. The molecule has 0 aliphatic rings. The van der Waals surface area contributed by atoms with Crippen LogP contribution in [0.4, 0.5) is 17.2 Å². The summed E-state index contributed by atoms with van der Waals surface area (Å²) in [6.07, 6.45) is 1.42. The van der Waals surface area contributed by atoms with Gasteiger partial charge in [-0.15, -0.1) is 0 Å². The molecule has 0 saturated heterocycles. The van der Waals surface area contributed by atoms with E-state index in [9.17, 15) is 4.79 Å². The van der Waals surface area contributed by atoms with Gasteiger partial charge in [0, 0.05) is 5.69 Å². The van der Waals surface area contributed by atoms with Gasteiger partial charge in [0.25, 0.3) is 5.91 Å². The van der Waals surface area contributed by atoms with Crippen molar-refractivity contribution < 1.29 is 4.79 Å². The zero-order valence-corrected chi connectivity index (χ0v) is 11.6. The zero-order chi connectivity index (χ0) is 14.7. The van der Waals surface area contributed by atoms with Crippen molar-refractivity contribution in [3.63, 3.8) is 0 Å². The third kappa shape index (κ3) is 3.06. The van der Waals surface area contributed by atoms with Gasteiger partial charge in [-0.05, 0) is 29.7 Å². The van der Waals surface area contributed by atoms with Crippen molar-refractivity contribution in [3.05, 3.63) is 47.7 Å². The van der Waals surface area contributed by atoms with E-state index in [1.54, 1.807) is 6.07 Å². The summed E-state index contributed by atoms with van der Waals surface area (Å²) >= 11 is 0. The molecule has 2 rings (SSSR count). The topological polar surface area (TPSA) is 94.0 Å². The lowest BCUT2D eigenvalue weighted by molar-refractivity contribution is 0.100. The van der Waals surface area contributed by atoms with Crippen LogP contribution in [0.1, 0.15) is 35.7 Å². The first-order valence-electron chi connectivity index (χ1n) is 6.39. The molecule has 0 atom stereocenters. The fourth-order valence-electron chi connectivity index (χ4n) is 1.85. The van der Waals surface area contributed by atoms with Crippen molar-refractivity contribution in [2.24, 2.45) is 5.73 Å². The first kappa shape index (κ1) is 13.9. The number of hydrogen-bond acceptors (Lipinski definition) is 4. The van der Waals surface area contributed by atoms with Crippen LogP contribution in [-0.4, -0.2) is 10.9 Å². The summed E-state index contributed by atoms with van der Waals surface area (Å²) in [4.78, 5) is 15.4. The summed E-state index contributed by atoms with van der Waals surface area (Å²) in [5.41, 5.74) is 13.6. The second-order valence-electron chi connectivity index (χ2n) is 4.92. The normalized spacial score (nSPS) is 10.6. The SMILES string of the molecule is CC(C)c1ccc(Nc2cc(C(N)=O)c(N)cn2)cc1. The molecule has 0 saturated carbocycles. The molecule has 5 nitrogen and oxygen atoms in total. The highest BCUT2D eigenvalue weighted by Crippen LogP contribution is 2.21. The molecule has 5 heteroatoms. The van der Waals surface area contributed by atoms with Gasteiger partial charge in [-0.2, -0.15) is 0 Å². The molecule has 0 fully saturated rings. The average Bonchev–Trinajstić information content (AvgIpc) is 2.41. The Morgan fingerprint density at radius 2 is 1.90 bits per heavy atom. The molecule has 0 radical (unpaired) electrons. The zero-order valence-electron chi connectivity index (χ0n) is 11.6. The summed E-state index contributed by atoms with van der Waals surface area (Å²) in [5.74, 6) is 0.452. The van der Waals surface area contributed by atoms with Gasteiger partial charge in [-0.1, -0.05) is 26.0 Å². The summed E-state index contributed by atoms with van der Waals surface area (Å²) in [7, 11) is 0. The molecule has 0 aliphatic carbocycles. The minimum atomic E-state index is -0.567. The average molecular weight is 270 g/mol. The van der Waals surface area contributed by atoms with Crippen LogP contribution in [0.5, 0.6) is 0 Å². The highest BCUT2D eigenvalue weighted by atomic mass is 16.1. The number of nitrogens with zero attached hydrogens (tertiary/aromatic N) is 1. The lowest BCUT2D eigenvalue weighted by atomic mass is 10.0. The van der Waals surface area contributed by atoms with Crippen LogP contribution in [0.25, 0.3) is 0 Å². The number of aromatic nitrogens is 1. The first-order valence-corrected chi connectivity index (χ1v) is 6.39. The van der Waals surface area contributed by atoms with Crippen LogP contribution in [0.3, 0.4) is 0 Å². The van der Waals surface area contributed by atoms with E-state index >= 15 is 0 Å². The molecule has 2 aromatic rings. The van der Waals surface area contributed by atoms with Crippen LogP contribution < -0.4 is 16.8 Å². The Hall–Kier alpha value is -2.56. The number of hydrogen-bond donors (Lipinski definition) is 3. The van der Waals surface area contributed by atoms with Crippen molar-refractivity contribution >= 4 is 23.1 Å². The van der Waals surface area contributed by atoms with Crippen molar-refractivity contribution in [3.8, 4) is 0 Å². The highest BCUT2D eigenvalue weighted by Gasteiger charge is 2.08. The predicted octanol–water partition coefficient (Wildman–Crippen LogP) is 2.63. The van der Waals surface area contributed by atoms with Gasteiger partial charge in [0.05, 0.1) is 17.4 Å². The molecular formula is C15H18N4O. The molecule has 0 spiro atoms. The Morgan fingerprint density at radius 3 is 2.45 bits per heavy atom. The number of pyridine rings is 1. The number of primary amides is 1. The number of amides is 1. The van der Waals surface area contributed by atoms with E-state index in [1.165, 1.54) is 11.8 Å². The highest BCUT2D eigenvalue weighted by molar-refractivity contribution is 5.98. The quantitative estimate of drug-likeness (QED) is 0.796. The maximum atomic E-state index is 11.2. The molecule has 0 bridgehead atoms. The fraction of sp³-hybridized carbons (Fsp3) is 0.200. The standard InChI is InChI=1S/C15H18N4O/c1-9(2)10-3-5-11(6-4-10)19-14-7-12(15(17)20)13(16)8-18-14/h3-9H,16H2,1-2H3,(H2,17,20)(H,18,19). The number of nitrogen functional groups attached to an aromatic ring is 1. The number of rotatable bonds is 4. The molecule has 104 valence electrons. The number of nitrogens with one attached hydrogen (secondary N) is 1. The van der Waals surface area contributed by atoms with E-state index in [1.807, 2.05) is 12.1 Å². The third-order valence-corrected chi connectivity index (χ3v) is 3.05. The number of nitrogens with two attached hydrogens (primary N) is 2. The third-order valence-electron chi connectivity index (χ3n) is 3.05. The Labute approximate surface area is 118 Å². The van der Waals surface area contributed by atoms with Crippen molar-refractivity contribution in [2.45, 2.75) is 19.8 Å². The second kappa shape index (κ2) is 5.61. The van der Waals surface area contributed by atoms with Gasteiger partial charge in [0.1, 0.15) is 5.82 Å². The molecule has 0 aliphatic heterocycles. The smallest absolute Gasteiger partial charge is 0.250 e. The monoisotopic (exact) mass is 270 g/mol. The van der Waals surface area contributed by atoms with Crippen LogP contribution >= 0.6 is 0 Å². The van der Waals surface area contributed by atoms with Crippen molar-refractivity contribution in [1.29, 1.82) is 0 Å². The maximum Gasteiger partial charge on any atom is 0.250 e. The molecule has 20 heavy (non-hydrogen) atoms. The molecule has 1 amide bonds. The summed E-state index contributed by atoms with van der Waals surface area (Å²) < 4.78 is 0. The van der Waals surface area contributed by atoms with Gasteiger partial charge in [-0.25, -0.2) is 4.98 Å². The number of benzene rings is 1. The maximum absolute atomic E-state index is 11.2.